The van der Waals surface area contributed by atoms with Gasteiger partial charge < -0.3 is 4.74 Å². The number of aryl methyl sites for hydroxylation is 3. The van der Waals surface area contributed by atoms with Crippen LogP contribution in [0.15, 0.2) is 39.9 Å². The molecule has 0 amide bonds. The summed E-state index contributed by atoms with van der Waals surface area (Å²) in [5.41, 5.74) is 1.11. The predicted octanol–water partition coefficient (Wildman–Crippen LogP) is 1.06. The second-order valence-electron chi connectivity index (χ2n) is 7.44. The van der Waals surface area contributed by atoms with E-state index in [-0.39, 0.29) is 23.5 Å². The number of fused-ring (bicyclic) bond motifs is 1. The fraction of sp³-hybridized carbons (Fsp3) is 0.286. The van der Waals surface area contributed by atoms with Crippen LogP contribution in [0.2, 0.25) is 0 Å². The van der Waals surface area contributed by atoms with Gasteiger partial charge in [-0.15, -0.1) is 0 Å². The summed E-state index contributed by atoms with van der Waals surface area (Å²) in [5, 5.41) is 4.46. The molecule has 0 aliphatic heterocycles. The highest BCUT2D eigenvalue weighted by molar-refractivity contribution is 5.74. The van der Waals surface area contributed by atoms with Crippen LogP contribution in [0, 0.1) is 19.7 Å². The van der Waals surface area contributed by atoms with E-state index < -0.39 is 23.8 Å². The Kier molecular flexibility index (Phi) is 5.25. The summed E-state index contributed by atoms with van der Waals surface area (Å²) < 4.78 is 23.2. The number of hydrogen-bond donors (Lipinski definition) is 0. The number of ether oxygens (including phenoxy) is 1. The molecule has 10 nitrogen and oxygen atoms in total. The molecule has 0 saturated carbocycles. The molecule has 0 fully saturated rings. The molecule has 166 valence electrons. The molecule has 0 atom stereocenters. The fourth-order valence-corrected chi connectivity index (χ4v) is 3.61. The van der Waals surface area contributed by atoms with Crippen molar-refractivity contribution in [2.24, 2.45) is 7.05 Å². The summed E-state index contributed by atoms with van der Waals surface area (Å²) in [4.78, 5) is 42.5. The van der Waals surface area contributed by atoms with Crippen molar-refractivity contribution in [3.8, 4) is 5.95 Å². The number of carbonyl (C=O) groups excluding carboxylic acids is 1. The predicted molar refractivity (Wildman–Crippen MR) is 113 cm³/mol. The lowest BCUT2D eigenvalue weighted by Gasteiger charge is -2.11. The maximum absolute atomic E-state index is 13.4. The van der Waals surface area contributed by atoms with Gasteiger partial charge in [-0.2, -0.15) is 10.1 Å². The number of halogens is 1. The zero-order valence-electron chi connectivity index (χ0n) is 18.0. The van der Waals surface area contributed by atoms with Crippen molar-refractivity contribution in [3.63, 3.8) is 0 Å². The normalized spacial score (nSPS) is 11.3. The SMILES string of the molecule is COC(=O)Cn1c(=O)c2c(nc(-n3nc(C)cc3C)n2Cc2ccc(F)cc2)n(C)c1=O. The monoisotopic (exact) mass is 440 g/mol. The van der Waals surface area contributed by atoms with Gasteiger partial charge in [0.25, 0.3) is 5.56 Å². The first-order chi connectivity index (χ1) is 15.2. The minimum absolute atomic E-state index is 0.114. The van der Waals surface area contributed by atoms with Gasteiger partial charge >= 0.3 is 11.7 Å². The summed E-state index contributed by atoms with van der Waals surface area (Å²) >= 11 is 0. The Morgan fingerprint density at radius 3 is 2.41 bits per heavy atom. The number of rotatable bonds is 5. The molecule has 4 rings (SSSR count). The van der Waals surface area contributed by atoms with E-state index in [0.29, 0.717) is 11.5 Å². The molecule has 0 spiro atoms. The molecule has 0 saturated heterocycles. The van der Waals surface area contributed by atoms with E-state index in [1.54, 1.807) is 21.4 Å². The molecule has 3 heterocycles. The van der Waals surface area contributed by atoms with Crippen LogP contribution < -0.4 is 11.2 Å². The van der Waals surface area contributed by atoms with Crippen molar-refractivity contribution in [1.29, 1.82) is 0 Å². The number of esters is 1. The van der Waals surface area contributed by atoms with Gasteiger partial charge in [-0.05, 0) is 37.6 Å². The Morgan fingerprint density at radius 2 is 1.81 bits per heavy atom. The second-order valence-corrected chi connectivity index (χ2v) is 7.44. The summed E-state index contributed by atoms with van der Waals surface area (Å²) in [6.07, 6.45) is 0. The minimum Gasteiger partial charge on any atom is -0.468 e. The number of methoxy groups -OCH3 is 1. The standard InChI is InChI=1S/C21H21FN6O4/c1-12-9-13(2)28(24-12)20-23-18-17(26(20)10-14-5-7-15(22)8-6-14)19(30)27(11-16(29)32-4)21(31)25(18)3/h5-9H,10-11H2,1-4H3. The van der Waals surface area contributed by atoms with E-state index in [1.807, 2.05) is 19.9 Å². The van der Waals surface area contributed by atoms with E-state index in [2.05, 4.69) is 14.8 Å². The maximum atomic E-state index is 13.4. The van der Waals surface area contributed by atoms with Gasteiger partial charge in [0.2, 0.25) is 5.95 Å². The molecule has 0 aliphatic rings. The quantitative estimate of drug-likeness (QED) is 0.430. The molecule has 0 radical (unpaired) electrons. The van der Waals surface area contributed by atoms with Crippen molar-refractivity contribution in [3.05, 3.63) is 73.9 Å². The van der Waals surface area contributed by atoms with Crippen molar-refractivity contribution in [1.82, 2.24) is 28.5 Å². The lowest BCUT2D eigenvalue weighted by atomic mass is 10.2. The zero-order valence-corrected chi connectivity index (χ0v) is 18.0. The van der Waals surface area contributed by atoms with Gasteiger partial charge in [0, 0.05) is 12.7 Å². The Labute approximate surface area is 181 Å². The first kappa shape index (κ1) is 21.2. The van der Waals surface area contributed by atoms with E-state index in [4.69, 9.17) is 0 Å². The molecule has 0 bridgehead atoms. The average Bonchev–Trinajstić information content (AvgIpc) is 3.30. The van der Waals surface area contributed by atoms with Crippen LogP contribution in [0.5, 0.6) is 0 Å². The number of benzene rings is 1. The Hall–Kier alpha value is -4.02. The van der Waals surface area contributed by atoms with E-state index in [0.717, 1.165) is 16.0 Å². The van der Waals surface area contributed by atoms with Gasteiger partial charge in [-0.25, -0.2) is 18.4 Å². The first-order valence-corrected chi connectivity index (χ1v) is 9.76. The lowest BCUT2D eigenvalue weighted by molar-refractivity contribution is -0.141. The van der Waals surface area contributed by atoms with Gasteiger partial charge in [0.1, 0.15) is 12.4 Å². The molecule has 11 heteroatoms. The Balaban J connectivity index is 2.05. The molecular formula is C21H21FN6O4. The molecule has 1 aromatic carbocycles. The molecular weight excluding hydrogens is 419 g/mol. The number of hydrogen-bond acceptors (Lipinski definition) is 6. The third kappa shape index (κ3) is 3.51. The number of carbonyl (C=O) groups is 1. The van der Waals surface area contributed by atoms with Gasteiger partial charge in [0.15, 0.2) is 11.2 Å². The number of imidazole rings is 1. The van der Waals surface area contributed by atoms with Gasteiger partial charge in [0.05, 0.1) is 19.3 Å². The average molecular weight is 440 g/mol. The smallest absolute Gasteiger partial charge is 0.333 e. The largest absolute Gasteiger partial charge is 0.468 e. The molecule has 0 aliphatic carbocycles. The number of aromatic nitrogens is 6. The zero-order chi connectivity index (χ0) is 23.2. The molecule has 3 aromatic heterocycles. The summed E-state index contributed by atoms with van der Waals surface area (Å²) in [6, 6.07) is 7.70. The summed E-state index contributed by atoms with van der Waals surface area (Å²) in [7, 11) is 2.65. The molecule has 32 heavy (non-hydrogen) atoms. The maximum Gasteiger partial charge on any atom is 0.333 e. The van der Waals surface area contributed by atoms with E-state index in [9.17, 15) is 18.8 Å². The van der Waals surface area contributed by atoms with E-state index in [1.165, 1.54) is 30.9 Å². The van der Waals surface area contributed by atoms with Gasteiger partial charge in [-0.3, -0.25) is 18.7 Å². The van der Waals surface area contributed by atoms with Crippen molar-refractivity contribution in [2.75, 3.05) is 7.11 Å². The van der Waals surface area contributed by atoms with Crippen molar-refractivity contribution < 1.29 is 13.9 Å². The summed E-state index contributed by atoms with van der Waals surface area (Å²) in [5.74, 6) is -0.796. The van der Waals surface area contributed by atoms with Crippen LogP contribution in [-0.4, -0.2) is 41.5 Å². The molecule has 0 N–H and O–H groups in total. The lowest BCUT2D eigenvalue weighted by Crippen LogP contribution is -2.41. The van der Waals surface area contributed by atoms with Crippen LogP contribution in [0.1, 0.15) is 17.0 Å². The first-order valence-electron chi connectivity index (χ1n) is 9.76. The topological polar surface area (TPSA) is 106 Å². The number of nitrogens with zero attached hydrogens (tertiary/aromatic N) is 6. The highest BCUT2D eigenvalue weighted by atomic mass is 19.1. The Bertz CT molecular complexity index is 1460. The minimum atomic E-state index is -0.730. The van der Waals surface area contributed by atoms with E-state index >= 15 is 0 Å². The third-order valence-corrected chi connectivity index (χ3v) is 5.18. The highest BCUT2D eigenvalue weighted by Crippen LogP contribution is 2.19. The Morgan fingerprint density at radius 1 is 1.12 bits per heavy atom. The van der Waals surface area contributed by atoms with Crippen LogP contribution in [-0.2, 0) is 29.7 Å². The van der Waals surface area contributed by atoms with Crippen LogP contribution in [0.3, 0.4) is 0 Å². The van der Waals surface area contributed by atoms with Crippen LogP contribution in [0.4, 0.5) is 4.39 Å². The molecule has 4 aromatic rings. The second kappa shape index (κ2) is 7.91. The van der Waals surface area contributed by atoms with Crippen molar-refractivity contribution in [2.45, 2.75) is 26.9 Å². The molecule has 0 unspecified atom stereocenters. The van der Waals surface area contributed by atoms with Gasteiger partial charge in [-0.1, -0.05) is 12.1 Å². The van der Waals surface area contributed by atoms with Crippen LogP contribution >= 0.6 is 0 Å². The fourth-order valence-electron chi connectivity index (χ4n) is 3.61. The summed E-state index contributed by atoms with van der Waals surface area (Å²) in [6.45, 7) is 3.30. The van der Waals surface area contributed by atoms with Crippen LogP contribution in [0.25, 0.3) is 17.1 Å². The van der Waals surface area contributed by atoms with Crippen molar-refractivity contribution >= 4 is 17.1 Å². The third-order valence-electron chi connectivity index (χ3n) is 5.18. The highest BCUT2D eigenvalue weighted by Gasteiger charge is 2.23.